The van der Waals surface area contributed by atoms with E-state index >= 15 is 0 Å². The van der Waals surface area contributed by atoms with Crippen molar-refractivity contribution in [2.45, 2.75) is 26.3 Å². The minimum absolute atomic E-state index is 0.00298. The fourth-order valence-electron chi connectivity index (χ4n) is 2.57. The molecule has 5 heteroatoms. The lowest BCUT2D eigenvalue weighted by atomic mass is 10.1. The molecule has 1 amide bonds. The molecule has 0 bridgehead atoms. The van der Waals surface area contributed by atoms with Crippen molar-refractivity contribution >= 4 is 17.2 Å². The molecule has 0 unspecified atom stereocenters. The maximum absolute atomic E-state index is 12.5. The van der Waals surface area contributed by atoms with Gasteiger partial charge in [0.25, 0.3) is 5.91 Å². The van der Waals surface area contributed by atoms with Crippen LogP contribution in [0, 0.1) is 6.92 Å². The van der Waals surface area contributed by atoms with Gasteiger partial charge in [-0.2, -0.15) is 0 Å². The van der Waals surface area contributed by atoms with Gasteiger partial charge in [-0.25, -0.2) is 0 Å². The largest absolute Gasteiger partial charge is 0.348 e. The van der Waals surface area contributed by atoms with Crippen LogP contribution in [0.3, 0.4) is 0 Å². The van der Waals surface area contributed by atoms with Gasteiger partial charge >= 0.3 is 0 Å². The average Bonchev–Trinajstić information content (AvgIpc) is 2.98. The van der Waals surface area contributed by atoms with E-state index in [0.29, 0.717) is 6.42 Å². The molecule has 4 nitrogen and oxygen atoms in total. The van der Waals surface area contributed by atoms with E-state index in [1.165, 1.54) is 11.3 Å². The summed E-state index contributed by atoms with van der Waals surface area (Å²) in [5.41, 5.74) is 3.14. The number of benzene rings is 1. The molecule has 122 valence electrons. The van der Waals surface area contributed by atoms with Crippen LogP contribution in [0.4, 0.5) is 0 Å². The number of rotatable bonds is 5. The second-order valence-electron chi connectivity index (χ2n) is 5.76. The van der Waals surface area contributed by atoms with E-state index in [1.807, 2.05) is 38.1 Å². The average molecular weight is 337 g/mol. The number of hydrogen-bond donors (Lipinski definition) is 1. The first-order valence-electron chi connectivity index (χ1n) is 7.85. The molecule has 0 saturated carbocycles. The van der Waals surface area contributed by atoms with Gasteiger partial charge < -0.3 is 5.32 Å². The number of nitrogens with zero attached hydrogens (tertiary/aromatic N) is 2. The molecule has 2 aromatic heterocycles. The van der Waals surface area contributed by atoms with Gasteiger partial charge in [0.2, 0.25) is 0 Å². The molecule has 0 spiro atoms. The quantitative estimate of drug-likeness (QED) is 0.769. The Morgan fingerprint density at radius 1 is 1.25 bits per heavy atom. The number of thiophene rings is 1. The van der Waals surface area contributed by atoms with Crippen LogP contribution < -0.4 is 5.32 Å². The van der Waals surface area contributed by atoms with Crippen LogP contribution in [-0.2, 0) is 6.42 Å². The molecule has 2 heterocycles. The lowest BCUT2D eigenvalue weighted by molar-refractivity contribution is 0.0944. The van der Waals surface area contributed by atoms with Crippen LogP contribution in [0.5, 0.6) is 0 Å². The van der Waals surface area contributed by atoms with Crippen molar-refractivity contribution in [3.05, 3.63) is 71.1 Å². The van der Waals surface area contributed by atoms with E-state index in [0.717, 1.165) is 26.6 Å². The first-order chi connectivity index (χ1) is 11.6. The molecular formula is C19H19N3OS. The van der Waals surface area contributed by atoms with Gasteiger partial charge in [0.05, 0.1) is 10.6 Å². The van der Waals surface area contributed by atoms with Gasteiger partial charge in [-0.3, -0.25) is 14.8 Å². The number of hydrogen-bond acceptors (Lipinski definition) is 4. The van der Waals surface area contributed by atoms with Crippen molar-refractivity contribution in [1.82, 2.24) is 15.3 Å². The molecule has 0 radical (unpaired) electrons. The molecule has 24 heavy (non-hydrogen) atoms. The topological polar surface area (TPSA) is 54.9 Å². The zero-order valence-electron chi connectivity index (χ0n) is 13.7. The summed E-state index contributed by atoms with van der Waals surface area (Å²) < 4.78 is 0. The molecule has 1 aromatic carbocycles. The molecule has 0 aliphatic carbocycles. The number of carbonyl (C=O) groups excluding carboxylic acids is 1. The van der Waals surface area contributed by atoms with Crippen molar-refractivity contribution in [3.63, 3.8) is 0 Å². The molecule has 0 saturated heterocycles. The van der Waals surface area contributed by atoms with Crippen molar-refractivity contribution in [2.75, 3.05) is 0 Å². The van der Waals surface area contributed by atoms with Gasteiger partial charge in [0, 0.05) is 35.9 Å². The first-order valence-corrected chi connectivity index (χ1v) is 8.66. The molecule has 0 aliphatic rings. The van der Waals surface area contributed by atoms with Gasteiger partial charge in [0.1, 0.15) is 0 Å². The summed E-state index contributed by atoms with van der Waals surface area (Å²) in [7, 11) is 0. The minimum Gasteiger partial charge on any atom is -0.348 e. The maximum Gasteiger partial charge on any atom is 0.261 e. The first kappa shape index (κ1) is 16.3. The van der Waals surface area contributed by atoms with Crippen LogP contribution in [0.15, 0.2) is 55.0 Å². The summed E-state index contributed by atoms with van der Waals surface area (Å²) in [6.45, 7) is 4.02. The Kier molecular flexibility index (Phi) is 5.01. The second-order valence-corrected chi connectivity index (χ2v) is 6.82. The number of amides is 1. The fraction of sp³-hybridized carbons (Fsp3) is 0.211. The van der Waals surface area contributed by atoms with Crippen LogP contribution >= 0.6 is 11.3 Å². The van der Waals surface area contributed by atoms with Crippen LogP contribution in [0.1, 0.15) is 27.9 Å². The van der Waals surface area contributed by atoms with Gasteiger partial charge in [-0.15, -0.1) is 11.3 Å². The van der Waals surface area contributed by atoms with Crippen molar-refractivity contribution in [2.24, 2.45) is 0 Å². The molecule has 0 fully saturated rings. The van der Waals surface area contributed by atoms with E-state index in [9.17, 15) is 4.79 Å². The third kappa shape index (κ3) is 3.86. The third-order valence-corrected chi connectivity index (χ3v) is 4.97. The van der Waals surface area contributed by atoms with Crippen LogP contribution in [-0.4, -0.2) is 21.9 Å². The van der Waals surface area contributed by atoms with Gasteiger partial charge in [0.15, 0.2) is 0 Å². The minimum atomic E-state index is -0.0401. The highest BCUT2D eigenvalue weighted by molar-refractivity contribution is 7.17. The summed E-state index contributed by atoms with van der Waals surface area (Å²) in [5, 5.41) is 3.04. The zero-order chi connectivity index (χ0) is 16.9. The molecular weight excluding hydrogens is 318 g/mol. The summed E-state index contributed by atoms with van der Waals surface area (Å²) >= 11 is 1.53. The zero-order valence-corrected chi connectivity index (χ0v) is 14.5. The summed E-state index contributed by atoms with van der Waals surface area (Å²) in [4.78, 5) is 22.7. The Hall–Kier alpha value is -2.53. The predicted octanol–water partition coefficient (Wildman–Crippen LogP) is 3.87. The van der Waals surface area contributed by atoms with E-state index in [4.69, 9.17) is 0 Å². The van der Waals surface area contributed by atoms with Gasteiger partial charge in [-0.1, -0.05) is 30.3 Å². The van der Waals surface area contributed by atoms with Gasteiger partial charge in [-0.05, 0) is 31.0 Å². The highest BCUT2D eigenvalue weighted by Crippen LogP contribution is 2.32. The van der Waals surface area contributed by atoms with Crippen LogP contribution in [0.25, 0.3) is 10.4 Å². The Morgan fingerprint density at radius 2 is 2.04 bits per heavy atom. The molecule has 1 atom stereocenters. The third-order valence-electron chi connectivity index (χ3n) is 3.69. The summed E-state index contributed by atoms with van der Waals surface area (Å²) in [5.74, 6) is -0.0401. The van der Waals surface area contributed by atoms with Crippen molar-refractivity contribution in [1.29, 1.82) is 0 Å². The van der Waals surface area contributed by atoms with E-state index in [2.05, 4.69) is 27.4 Å². The number of aromatic nitrogens is 2. The highest BCUT2D eigenvalue weighted by Gasteiger charge is 2.16. The normalized spacial score (nSPS) is 11.9. The fourth-order valence-corrected chi connectivity index (χ4v) is 3.65. The Balaban J connectivity index is 1.69. The smallest absolute Gasteiger partial charge is 0.261 e. The number of nitrogens with one attached hydrogen (secondary N) is 1. The number of aryl methyl sites for hydroxylation is 1. The Labute approximate surface area is 145 Å². The molecule has 3 aromatic rings. The standard InChI is InChI=1S/C19H19N3OS/c1-13-10-17(24-18(13)15-6-4-3-5-7-15)19(23)22-14(2)11-16-12-20-8-9-21-16/h3-10,12,14H,11H2,1-2H3,(H,22,23)/t14-/m0/s1. The monoisotopic (exact) mass is 337 g/mol. The lowest BCUT2D eigenvalue weighted by Gasteiger charge is -2.12. The highest BCUT2D eigenvalue weighted by atomic mass is 32.1. The summed E-state index contributed by atoms with van der Waals surface area (Å²) in [6.07, 6.45) is 5.70. The van der Waals surface area contributed by atoms with E-state index < -0.39 is 0 Å². The summed E-state index contributed by atoms with van der Waals surface area (Å²) in [6, 6.07) is 12.1. The van der Waals surface area contributed by atoms with Crippen molar-refractivity contribution < 1.29 is 4.79 Å². The SMILES string of the molecule is Cc1cc(C(=O)N[C@@H](C)Cc2cnccn2)sc1-c1ccccc1. The Morgan fingerprint density at radius 3 is 2.75 bits per heavy atom. The lowest BCUT2D eigenvalue weighted by Crippen LogP contribution is -2.33. The maximum atomic E-state index is 12.5. The molecule has 3 rings (SSSR count). The van der Waals surface area contributed by atoms with E-state index in [1.54, 1.807) is 18.6 Å². The second kappa shape index (κ2) is 7.36. The number of carbonyl (C=O) groups is 1. The molecule has 1 N–H and O–H groups in total. The van der Waals surface area contributed by atoms with Crippen LogP contribution in [0.2, 0.25) is 0 Å². The molecule has 0 aliphatic heterocycles. The van der Waals surface area contributed by atoms with E-state index in [-0.39, 0.29) is 11.9 Å². The predicted molar refractivity (Wildman–Crippen MR) is 97.2 cm³/mol. The Bertz CT molecular complexity index is 815. The van der Waals surface area contributed by atoms with Crippen molar-refractivity contribution in [3.8, 4) is 10.4 Å².